The molecule has 0 spiro atoms. The Kier molecular flexibility index (Phi) is 4.37. The van der Waals surface area contributed by atoms with Gasteiger partial charge in [0.1, 0.15) is 0 Å². The van der Waals surface area contributed by atoms with Gasteiger partial charge in [-0.3, -0.25) is 0 Å². The maximum Gasteiger partial charge on any atom is 0.0323 e. The molecule has 1 aliphatic carbocycles. The van der Waals surface area contributed by atoms with Crippen LogP contribution in [0.2, 0.25) is 0 Å². The summed E-state index contributed by atoms with van der Waals surface area (Å²) < 4.78 is 0. The molecule has 0 aromatic heterocycles. The number of fused-ring (bicyclic) bond motifs is 1. The van der Waals surface area contributed by atoms with Gasteiger partial charge in [-0.05, 0) is 56.3 Å². The Balaban J connectivity index is 1.91. The largest absolute Gasteiger partial charge is 0.330 e. The van der Waals surface area contributed by atoms with Gasteiger partial charge in [-0.1, -0.05) is 24.3 Å². The molecule has 0 bridgehead atoms. The molecule has 0 amide bonds. The van der Waals surface area contributed by atoms with Crippen molar-refractivity contribution in [3.8, 4) is 0 Å². The van der Waals surface area contributed by atoms with Crippen molar-refractivity contribution in [3.63, 3.8) is 0 Å². The average Bonchev–Trinajstić information content (AvgIpc) is 2.35. The van der Waals surface area contributed by atoms with E-state index in [2.05, 4.69) is 29.6 Å². The first-order valence-corrected chi connectivity index (χ1v) is 6.43. The number of hydrogen-bond donors (Lipinski definition) is 2. The van der Waals surface area contributed by atoms with Crippen molar-refractivity contribution < 1.29 is 0 Å². The zero-order valence-corrected chi connectivity index (χ0v) is 9.91. The first-order valence-electron chi connectivity index (χ1n) is 6.43. The summed E-state index contributed by atoms with van der Waals surface area (Å²) in [5.41, 5.74) is 8.54. The van der Waals surface area contributed by atoms with Gasteiger partial charge in [0.2, 0.25) is 0 Å². The lowest BCUT2D eigenvalue weighted by Crippen LogP contribution is -2.26. The summed E-state index contributed by atoms with van der Waals surface area (Å²) in [6.45, 7) is 1.90. The van der Waals surface area contributed by atoms with Crippen LogP contribution in [-0.4, -0.2) is 13.1 Å². The topological polar surface area (TPSA) is 38.0 Å². The fraction of sp³-hybridized carbons (Fsp3) is 0.571. The number of nitrogens with two attached hydrogens (primary N) is 1. The minimum Gasteiger partial charge on any atom is -0.330 e. The van der Waals surface area contributed by atoms with Crippen LogP contribution < -0.4 is 11.1 Å². The van der Waals surface area contributed by atoms with Gasteiger partial charge >= 0.3 is 0 Å². The van der Waals surface area contributed by atoms with E-state index < -0.39 is 0 Å². The molecule has 2 rings (SSSR count). The van der Waals surface area contributed by atoms with E-state index in [0.717, 1.165) is 19.5 Å². The molecule has 1 unspecified atom stereocenters. The second kappa shape index (κ2) is 6.02. The third kappa shape index (κ3) is 2.83. The molecular weight excluding hydrogens is 196 g/mol. The zero-order chi connectivity index (χ0) is 11.2. The quantitative estimate of drug-likeness (QED) is 0.745. The van der Waals surface area contributed by atoms with E-state index in [9.17, 15) is 0 Å². The van der Waals surface area contributed by atoms with Crippen molar-refractivity contribution in [2.24, 2.45) is 5.73 Å². The fourth-order valence-electron chi connectivity index (χ4n) is 2.51. The Morgan fingerprint density at radius 2 is 2.12 bits per heavy atom. The first-order chi connectivity index (χ1) is 7.92. The Morgan fingerprint density at radius 1 is 1.25 bits per heavy atom. The Labute approximate surface area is 98.2 Å². The monoisotopic (exact) mass is 218 g/mol. The van der Waals surface area contributed by atoms with E-state index in [0.29, 0.717) is 6.04 Å². The highest BCUT2D eigenvalue weighted by Gasteiger charge is 2.18. The van der Waals surface area contributed by atoms with Gasteiger partial charge in [-0.2, -0.15) is 0 Å². The van der Waals surface area contributed by atoms with E-state index >= 15 is 0 Å². The highest BCUT2D eigenvalue weighted by atomic mass is 14.9. The van der Waals surface area contributed by atoms with Crippen LogP contribution in [0.1, 0.15) is 42.9 Å². The van der Waals surface area contributed by atoms with Crippen LogP contribution in [0.4, 0.5) is 0 Å². The van der Waals surface area contributed by atoms with Crippen molar-refractivity contribution >= 4 is 0 Å². The predicted molar refractivity (Wildman–Crippen MR) is 68.4 cm³/mol. The highest BCUT2D eigenvalue weighted by molar-refractivity contribution is 5.32. The van der Waals surface area contributed by atoms with Crippen LogP contribution in [0.3, 0.4) is 0 Å². The molecule has 1 aliphatic rings. The van der Waals surface area contributed by atoms with Crippen LogP contribution >= 0.6 is 0 Å². The summed E-state index contributed by atoms with van der Waals surface area (Å²) in [4.78, 5) is 0. The lowest BCUT2D eigenvalue weighted by molar-refractivity contribution is 0.453. The van der Waals surface area contributed by atoms with Crippen LogP contribution in [0, 0.1) is 0 Å². The van der Waals surface area contributed by atoms with Gasteiger partial charge in [-0.25, -0.2) is 0 Å². The molecule has 2 nitrogen and oxygen atoms in total. The van der Waals surface area contributed by atoms with Crippen LogP contribution in [0.5, 0.6) is 0 Å². The number of rotatable bonds is 5. The Bertz CT molecular complexity index is 322. The molecule has 0 aliphatic heterocycles. The minimum atomic E-state index is 0.572. The highest BCUT2D eigenvalue weighted by Crippen LogP contribution is 2.29. The summed E-state index contributed by atoms with van der Waals surface area (Å²) in [6, 6.07) is 9.41. The lowest BCUT2D eigenvalue weighted by Gasteiger charge is -2.26. The number of unbranched alkanes of at least 4 members (excludes halogenated alkanes) is 1. The summed E-state index contributed by atoms with van der Waals surface area (Å²) >= 11 is 0. The van der Waals surface area contributed by atoms with Gasteiger partial charge in [0.25, 0.3) is 0 Å². The molecule has 88 valence electrons. The predicted octanol–water partition coefficient (Wildman–Crippen LogP) is 2.39. The zero-order valence-electron chi connectivity index (χ0n) is 9.91. The molecule has 0 saturated heterocycles. The normalized spacial score (nSPS) is 19.4. The van der Waals surface area contributed by atoms with E-state index in [-0.39, 0.29) is 0 Å². The van der Waals surface area contributed by atoms with Gasteiger partial charge < -0.3 is 11.1 Å². The molecule has 0 heterocycles. The molecular formula is C14H22N2. The van der Waals surface area contributed by atoms with E-state index in [1.54, 1.807) is 0 Å². The maximum absolute atomic E-state index is 5.50. The average molecular weight is 218 g/mol. The molecule has 0 saturated carbocycles. The van der Waals surface area contributed by atoms with Crippen LogP contribution in [0.25, 0.3) is 0 Å². The van der Waals surface area contributed by atoms with E-state index in [1.165, 1.54) is 36.8 Å². The summed E-state index contributed by atoms with van der Waals surface area (Å²) in [5.74, 6) is 0. The van der Waals surface area contributed by atoms with Crippen molar-refractivity contribution in [2.75, 3.05) is 13.1 Å². The number of benzene rings is 1. The summed E-state index contributed by atoms with van der Waals surface area (Å²) in [7, 11) is 0. The summed E-state index contributed by atoms with van der Waals surface area (Å²) in [6.07, 6.45) is 6.15. The minimum absolute atomic E-state index is 0.572. The van der Waals surface area contributed by atoms with Gasteiger partial charge in [0, 0.05) is 6.04 Å². The Morgan fingerprint density at radius 3 is 3.00 bits per heavy atom. The van der Waals surface area contributed by atoms with E-state index in [4.69, 9.17) is 5.73 Å². The van der Waals surface area contributed by atoms with Crippen LogP contribution in [-0.2, 0) is 6.42 Å². The maximum atomic E-state index is 5.50. The van der Waals surface area contributed by atoms with E-state index in [1.807, 2.05) is 0 Å². The third-order valence-electron chi connectivity index (χ3n) is 3.39. The van der Waals surface area contributed by atoms with Gasteiger partial charge in [0.15, 0.2) is 0 Å². The Hall–Kier alpha value is -0.860. The smallest absolute Gasteiger partial charge is 0.0323 e. The number of aryl methyl sites for hydroxylation is 1. The standard InChI is InChI=1S/C14H22N2/c15-10-3-4-11-16-14-9-5-7-12-6-1-2-8-13(12)14/h1-2,6,8,14,16H,3-5,7,9-11,15H2. The molecule has 2 heteroatoms. The number of hydrogen-bond acceptors (Lipinski definition) is 2. The van der Waals surface area contributed by atoms with Crippen LogP contribution in [0.15, 0.2) is 24.3 Å². The third-order valence-corrected chi connectivity index (χ3v) is 3.39. The molecule has 1 atom stereocenters. The van der Waals surface area contributed by atoms with Crippen molar-refractivity contribution in [1.82, 2.24) is 5.32 Å². The lowest BCUT2D eigenvalue weighted by atomic mass is 9.88. The first kappa shape index (κ1) is 11.6. The molecule has 1 aromatic rings. The van der Waals surface area contributed by atoms with Crippen molar-refractivity contribution in [2.45, 2.75) is 38.1 Å². The molecule has 3 N–H and O–H groups in total. The molecule has 0 radical (unpaired) electrons. The molecule has 16 heavy (non-hydrogen) atoms. The second-order valence-electron chi connectivity index (χ2n) is 4.59. The van der Waals surface area contributed by atoms with Crippen molar-refractivity contribution in [1.29, 1.82) is 0 Å². The molecule has 0 fully saturated rings. The SMILES string of the molecule is NCCCCNC1CCCc2ccccc21. The second-order valence-corrected chi connectivity index (χ2v) is 4.59. The summed E-state index contributed by atoms with van der Waals surface area (Å²) in [5, 5.41) is 3.66. The fourth-order valence-corrected chi connectivity index (χ4v) is 2.51. The van der Waals surface area contributed by atoms with Gasteiger partial charge in [0.05, 0.1) is 0 Å². The van der Waals surface area contributed by atoms with Gasteiger partial charge in [-0.15, -0.1) is 0 Å². The molecule has 1 aromatic carbocycles. The number of nitrogens with one attached hydrogen (secondary N) is 1. The van der Waals surface area contributed by atoms with Crippen molar-refractivity contribution in [3.05, 3.63) is 35.4 Å².